The molecule has 3 rings (SSSR count). The molecule has 0 aliphatic heterocycles. The first-order chi connectivity index (χ1) is 16.3. The van der Waals surface area contributed by atoms with Gasteiger partial charge >= 0.3 is 5.69 Å². The van der Waals surface area contributed by atoms with Gasteiger partial charge < -0.3 is 10.6 Å². The number of aromatic nitrogens is 2. The third kappa shape index (κ3) is 6.35. The van der Waals surface area contributed by atoms with Crippen LogP contribution in [0.1, 0.15) is 38.7 Å². The van der Waals surface area contributed by atoms with Crippen molar-refractivity contribution < 1.29 is 9.59 Å². The SMILES string of the molecule is CC(C)NC(=O)CCCCn1c(=O)c2ccccc2n(CC(=O)NCc2ccccc2Cl)c1=O. The monoisotopic (exact) mass is 484 g/mol. The van der Waals surface area contributed by atoms with E-state index in [0.29, 0.717) is 35.2 Å². The summed E-state index contributed by atoms with van der Waals surface area (Å²) in [6.45, 7) is 3.93. The topological polar surface area (TPSA) is 102 Å². The molecular formula is C25H29ClN4O4. The molecule has 0 atom stereocenters. The summed E-state index contributed by atoms with van der Waals surface area (Å²) in [5.74, 6) is -0.434. The van der Waals surface area contributed by atoms with E-state index in [9.17, 15) is 19.2 Å². The van der Waals surface area contributed by atoms with Crippen LogP contribution in [0.15, 0.2) is 58.1 Å². The Balaban J connectivity index is 1.77. The molecule has 1 heterocycles. The van der Waals surface area contributed by atoms with E-state index in [0.717, 1.165) is 10.1 Å². The molecular weight excluding hydrogens is 456 g/mol. The number of carbonyl (C=O) groups excluding carboxylic acids is 2. The first kappa shape index (κ1) is 25.2. The van der Waals surface area contributed by atoms with Crippen molar-refractivity contribution in [1.29, 1.82) is 0 Å². The highest BCUT2D eigenvalue weighted by molar-refractivity contribution is 6.31. The van der Waals surface area contributed by atoms with Crippen LogP contribution in [0.3, 0.4) is 0 Å². The summed E-state index contributed by atoms with van der Waals surface area (Å²) in [5.41, 5.74) is 0.210. The van der Waals surface area contributed by atoms with Crippen LogP contribution in [0.4, 0.5) is 0 Å². The van der Waals surface area contributed by atoms with Gasteiger partial charge in [0.2, 0.25) is 11.8 Å². The molecule has 0 aliphatic rings. The second-order valence-corrected chi connectivity index (χ2v) is 8.80. The molecule has 1 aromatic heterocycles. The van der Waals surface area contributed by atoms with Crippen LogP contribution < -0.4 is 21.9 Å². The molecule has 0 fully saturated rings. The fourth-order valence-corrected chi connectivity index (χ4v) is 3.91. The number of para-hydroxylation sites is 1. The van der Waals surface area contributed by atoms with Crippen molar-refractivity contribution in [1.82, 2.24) is 19.8 Å². The Morgan fingerprint density at radius 1 is 0.941 bits per heavy atom. The number of hydrogen-bond donors (Lipinski definition) is 2. The first-order valence-electron chi connectivity index (χ1n) is 11.3. The minimum Gasteiger partial charge on any atom is -0.354 e. The number of unbranched alkanes of at least 4 members (excludes halogenated alkanes) is 1. The van der Waals surface area contributed by atoms with Gasteiger partial charge in [-0.25, -0.2) is 4.79 Å². The lowest BCUT2D eigenvalue weighted by molar-refractivity contribution is -0.122. The van der Waals surface area contributed by atoms with E-state index < -0.39 is 11.2 Å². The second kappa shape index (κ2) is 11.7. The Bertz CT molecular complexity index is 1300. The minimum atomic E-state index is -0.553. The average molecular weight is 485 g/mol. The largest absolute Gasteiger partial charge is 0.354 e. The lowest BCUT2D eigenvalue weighted by Crippen LogP contribution is -2.42. The molecule has 3 aromatic rings. The van der Waals surface area contributed by atoms with Gasteiger partial charge in [0.25, 0.3) is 5.56 Å². The van der Waals surface area contributed by atoms with Crippen LogP contribution in [0.2, 0.25) is 5.02 Å². The van der Waals surface area contributed by atoms with Crippen LogP contribution in [0.25, 0.3) is 10.9 Å². The molecule has 2 N–H and O–H groups in total. The Labute approximate surface area is 202 Å². The number of halogens is 1. The van der Waals surface area contributed by atoms with E-state index in [2.05, 4.69) is 10.6 Å². The van der Waals surface area contributed by atoms with Gasteiger partial charge in [0.1, 0.15) is 6.54 Å². The average Bonchev–Trinajstić information content (AvgIpc) is 2.80. The van der Waals surface area contributed by atoms with Gasteiger partial charge in [0, 0.05) is 30.6 Å². The van der Waals surface area contributed by atoms with Gasteiger partial charge in [-0.15, -0.1) is 0 Å². The van der Waals surface area contributed by atoms with Crippen molar-refractivity contribution in [2.75, 3.05) is 0 Å². The molecule has 0 aliphatic carbocycles. The second-order valence-electron chi connectivity index (χ2n) is 8.39. The molecule has 2 aromatic carbocycles. The molecule has 34 heavy (non-hydrogen) atoms. The molecule has 0 unspecified atom stereocenters. The van der Waals surface area contributed by atoms with Crippen LogP contribution in [-0.4, -0.2) is 27.0 Å². The first-order valence-corrected chi connectivity index (χ1v) is 11.7. The number of amides is 2. The highest BCUT2D eigenvalue weighted by Gasteiger charge is 2.15. The third-order valence-electron chi connectivity index (χ3n) is 5.35. The van der Waals surface area contributed by atoms with Crippen LogP contribution in [0.5, 0.6) is 0 Å². The highest BCUT2D eigenvalue weighted by atomic mass is 35.5. The predicted octanol–water partition coefficient (Wildman–Crippen LogP) is 2.83. The van der Waals surface area contributed by atoms with Gasteiger partial charge in [-0.05, 0) is 50.5 Å². The van der Waals surface area contributed by atoms with Crippen LogP contribution >= 0.6 is 11.6 Å². The molecule has 180 valence electrons. The number of carbonyl (C=O) groups is 2. The fourth-order valence-electron chi connectivity index (χ4n) is 3.71. The fraction of sp³-hybridized carbons (Fsp3) is 0.360. The third-order valence-corrected chi connectivity index (χ3v) is 5.72. The maximum Gasteiger partial charge on any atom is 0.331 e. The zero-order valence-corrected chi connectivity index (χ0v) is 20.1. The summed E-state index contributed by atoms with van der Waals surface area (Å²) < 4.78 is 2.45. The number of rotatable bonds is 10. The van der Waals surface area contributed by atoms with Gasteiger partial charge in [0.15, 0.2) is 0 Å². The van der Waals surface area contributed by atoms with Crippen molar-refractivity contribution in [3.05, 3.63) is 80.0 Å². The Hall–Kier alpha value is -3.39. The van der Waals surface area contributed by atoms with Gasteiger partial charge in [-0.2, -0.15) is 0 Å². The molecule has 0 saturated heterocycles. The Kier molecular flexibility index (Phi) is 8.65. The maximum absolute atomic E-state index is 13.2. The summed E-state index contributed by atoms with van der Waals surface area (Å²) in [5, 5.41) is 6.50. The molecule has 2 amide bonds. The van der Waals surface area contributed by atoms with Crippen molar-refractivity contribution in [3.8, 4) is 0 Å². The van der Waals surface area contributed by atoms with Gasteiger partial charge in [-0.3, -0.25) is 23.5 Å². The summed E-state index contributed by atoms with van der Waals surface area (Å²) in [6, 6.07) is 14.0. The smallest absolute Gasteiger partial charge is 0.331 e. The summed E-state index contributed by atoms with van der Waals surface area (Å²) in [6.07, 6.45) is 1.34. The predicted molar refractivity (Wildman–Crippen MR) is 133 cm³/mol. The Morgan fingerprint density at radius 3 is 2.38 bits per heavy atom. The number of nitrogens with one attached hydrogen (secondary N) is 2. The number of fused-ring (bicyclic) bond motifs is 1. The highest BCUT2D eigenvalue weighted by Crippen LogP contribution is 2.14. The van der Waals surface area contributed by atoms with E-state index in [1.165, 1.54) is 4.57 Å². The van der Waals surface area contributed by atoms with E-state index in [1.807, 2.05) is 26.0 Å². The van der Waals surface area contributed by atoms with Crippen LogP contribution in [-0.2, 0) is 29.2 Å². The number of hydrogen-bond acceptors (Lipinski definition) is 4. The zero-order chi connectivity index (χ0) is 24.7. The molecule has 0 radical (unpaired) electrons. The summed E-state index contributed by atoms with van der Waals surface area (Å²) in [4.78, 5) is 50.7. The lowest BCUT2D eigenvalue weighted by atomic mass is 10.2. The van der Waals surface area contributed by atoms with E-state index in [1.54, 1.807) is 36.4 Å². The summed E-state index contributed by atoms with van der Waals surface area (Å²) in [7, 11) is 0. The molecule has 0 spiro atoms. The van der Waals surface area contributed by atoms with E-state index >= 15 is 0 Å². The van der Waals surface area contributed by atoms with Crippen molar-refractivity contribution >= 4 is 34.3 Å². The van der Waals surface area contributed by atoms with E-state index in [-0.39, 0.29) is 37.5 Å². The zero-order valence-electron chi connectivity index (χ0n) is 19.3. The molecule has 8 nitrogen and oxygen atoms in total. The van der Waals surface area contributed by atoms with Gasteiger partial charge in [0.05, 0.1) is 10.9 Å². The molecule has 0 bridgehead atoms. The van der Waals surface area contributed by atoms with E-state index in [4.69, 9.17) is 11.6 Å². The van der Waals surface area contributed by atoms with Crippen LogP contribution in [0, 0.1) is 0 Å². The number of nitrogens with zero attached hydrogens (tertiary/aromatic N) is 2. The maximum atomic E-state index is 13.2. The lowest BCUT2D eigenvalue weighted by Gasteiger charge is -2.14. The normalized spacial score (nSPS) is 11.1. The van der Waals surface area contributed by atoms with Crippen molar-refractivity contribution in [3.63, 3.8) is 0 Å². The van der Waals surface area contributed by atoms with Gasteiger partial charge in [-0.1, -0.05) is 41.9 Å². The van der Waals surface area contributed by atoms with Crippen molar-refractivity contribution in [2.24, 2.45) is 0 Å². The Morgan fingerprint density at radius 2 is 1.65 bits per heavy atom. The standard InChI is InChI=1S/C25H29ClN4O4/c1-17(2)28-22(31)13-7-8-14-29-24(33)19-10-4-6-12-21(19)30(25(29)34)16-23(32)27-15-18-9-3-5-11-20(18)26/h3-6,9-12,17H,7-8,13-16H2,1-2H3,(H,27,32)(H,28,31). The molecule has 9 heteroatoms. The molecule has 0 saturated carbocycles. The minimum absolute atomic E-state index is 0.0616. The van der Waals surface area contributed by atoms with Crippen molar-refractivity contribution in [2.45, 2.75) is 58.8 Å². The summed E-state index contributed by atoms with van der Waals surface area (Å²) >= 11 is 6.14. The number of benzene rings is 2. The quantitative estimate of drug-likeness (QED) is 0.432.